The maximum atomic E-state index is 12.9. The van der Waals surface area contributed by atoms with Crippen LogP contribution in [-0.4, -0.2) is 75.8 Å². The van der Waals surface area contributed by atoms with Crippen molar-refractivity contribution in [1.82, 2.24) is 19.6 Å². The van der Waals surface area contributed by atoms with Crippen LogP contribution in [0.15, 0.2) is 29.3 Å². The monoisotopic (exact) mass is 579 g/mol. The lowest BCUT2D eigenvalue weighted by molar-refractivity contribution is 0.0387. The molecule has 9 nitrogen and oxygen atoms in total. The molecule has 39 heavy (non-hydrogen) atoms. The average molecular weight is 580 g/mol. The summed E-state index contributed by atoms with van der Waals surface area (Å²) in [4.78, 5) is 14.1. The second-order valence-electron chi connectivity index (χ2n) is 11.1. The van der Waals surface area contributed by atoms with Crippen LogP contribution >= 0.6 is 12.4 Å². The maximum absolute atomic E-state index is 12.9. The van der Waals surface area contributed by atoms with Gasteiger partial charge < -0.3 is 19.3 Å². The first-order valence-corrected chi connectivity index (χ1v) is 15.4. The minimum absolute atomic E-state index is 0. The summed E-state index contributed by atoms with van der Waals surface area (Å²) in [5, 5.41) is 0. The van der Waals surface area contributed by atoms with E-state index in [1.807, 2.05) is 6.07 Å². The Labute approximate surface area is 239 Å². The highest BCUT2D eigenvalue weighted by Crippen LogP contribution is 2.46. The van der Waals surface area contributed by atoms with Crippen LogP contribution in [0.3, 0.4) is 0 Å². The highest BCUT2D eigenvalue weighted by molar-refractivity contribution is 7.89. The van der Waals surface area contributed by atoms with Crippen LogP contribution in [0.5, 0.6) is 11.8 Å². The van der Waals surface area contributed by atoms with Crippen molar-refractivity contribution in [3.05, 3.63) is 35.5 Å². The van der Waals surface area contributed by atoms with E-state index in [0.29, 0.717) is 22.3 Å². The van der Waals surface area contributed by atoms with E-state index in [0.717, 1.165) is 24.9 Å². The van der Waals surface area contributed by atoms with Crippen molar-refractivity contribution in [2.24, 2.45) is 5.41 Å². The zero-order valence-corrected chi connectivity index (χ0v) is 25.0. The van der Waals surface area contributed by atoms with E-state index in [4.69, 9.17) is 9.47 Å². The summed E-state index contributed by atoms with van der Waals surface area (Å²) < 4.78 is 39.4. The molecule has 0 amide bonds. The Morgan fingerprint density at radius 1 is 1.05 bits per heavy atom. The van der Waals surface area contributed by atoms with Crippen LogP contribution in [-0.2, 0) is 10.0 Å². The third-order valence-corrected chi connectivity index (χ3v) is 10.5. The minimum Gasteiger partial charge on any atom is -0.497 e. The molecule has 1 aliphatic carbocycles. The number of rotatable bonds is 9. The molecule has 0 unspecified atom stereocenters. The highest BCUT2D eigenvalue weighted by Gasteiger charge is 2.40. The Morgan fingerprint density at radius 2 is 1.72 bits per heavy atom. The first kappa shape index (κ1) is 29.8. The standard InChI is InChI=1S/C28H41N5O4S.ClH/c1-21-19-24(36-3)20-22(2)26(21)38(34,35)30-13-18-37-27-29-12-7-25(31-27)33-16-10-28(11-17-33)8-5-23(6-9-28)32-14-4-15-32;/h7,12,19-20,23,30H,4-6,8-11,13-18H2,1-3H3;1H. The van der Waals surface area contributed by atoms with Gasteiger partial charge in [0.25, 0.3) is 0 Å². The second-order valence-corrected chi connectivity index (χ2v) is 12.8. The Bertz CT molecular complexity index is 1200. The van der Waals surface area contributed by atoms with E-state index in [-0.39, 0.29) is 36.5 Å². The van der Waals surface area contributed by atoms with Gasteiger partial charge in [-0.05, 0) is 107 Å². The van der Waals surface area contributed by atoms with Crippen LogP contribution in [0.2, 0.25) is 0 Å². The molecule has 5 rings (SSSR count). The number of hydrogen-bond donors (Lipinski definition) is 1. The van der Waals surface area contributed by atoms with Crippen molar-refractivity contribution in [2.45, 2.75) is 69.7 Å². The average Bonchev–Trinajstić information content (AvgIpc) is 2.87. The number of methoxy groups -OCH3 is 1. The van der Waals surface area contributed by atoms with Gasteiger partial charge in [-0.3, -0.25) is 0 Å². The van der Waals surface area contributed by atoms with E-state index in [1.54, 1.807) is 39.3 Å². The fourth-order valence-corrected chi connectivity index (χ4v) is 7.88. The normalized spacial score (nSPS) is 19.8. The van der Waals surface area contributed by atoms with Crippen molar-refractivity contribution in [3.63, 3.8) is 0 Å². The molecule has 1 N–H and O–H groups in total. The number of anilines is 1. The van der Waals surface area contributed by atoms with Crippen molar-refractivity contribution in [3.8, 4) is 11.8 Å². The first-order chi connectivity index (χ1) is 18.3. The molecule has 3 aliphatic rings. The van der Waals surface area contributed by atoms with Gasteiger partial charge in [-0.15, -0.1) is 12.4 Å². The third-order valence-electron chi connectivity index (χ3n) is 8.75. The van der Waals surface area contributed by atoms with Gasteiger partial charge in [0.2, 0.25) is 10.0 Å². The fraction of sp³-hybridized carbons (Fsp3) is 0.643. The van der Waals surface area contributed by atoms with Crippen LogP contribution in [0.4, 0.5) is 5.82 Å². The third kappa shape index (κ3) is 6.78. The second kappa shape index (κ2) is 12.6. The van der Waals surface area contributed by atoms with Crippen LogP contribution in [0.25, 0.3) is 0 Å². The summed E-state index contributed by atoms with van der Waals surface area (Å²) in [6.07, 6.45) is 10.9. The number of nitrogens with one attached hydrogen (secondary N) is 1. The van der Waals surface area contributed by atoms with Gasteiger partial charge in [-0.1, -0.05) is 0 Å². The van der Waals surface area contributed by atoms with Crippen LogP contribution in [0.1, 0.15) is 56.1 Å². The molecule has 0 radical (unpaired) electrons. The predicted octanol–water partition coefficient (Wildman–Crippen LogP) is 4.12. The summed E-state index contributed by atoms with van der Waals surface area (Å²) in [5.41, 5.74) is 1.78. The van der Waals surface area contributed by atoms with Gasteiger partial charge in [-0.25, -0.2) is 18.1 Å². The van der Waals surface area contributed by atoms with Gasteiger partial charge >= 0.3 is 6.01 Å². The Kier molecular flexibility index (Phi) is 9.62. The van der Waals surface area contributed by atoms with E-state index >= 15 is 0 Å². The first-order valence-electron chi connectivity index (χ1n) is 13.9. The number of aromatic nitrogens is 2. The van der Waals surface area contributed by atoms with Crippen LogP contribution < -0.4 is 19.1 Å². The van der Waals surface area contributed by atoms with Gasteiger partial charge in [0.05, 0.1) is 12.0 Å². The van der Waals surface area contributed by atoms with Crippen molar-refractivity contribution < 1.29 is 17.9 Å². The Hall–Kier alpha value is -2.14. The smallest absolute Gasteiger partial charge is 0.318 e. The number of ether oxygens (including phenoxy) is 2. The number of nitrogens with zero attached hydrogens (tertiary/aromatic N) is 4. The zero-order chi connectivity index (χ0) is 26.8. The van der Waals surface area contributed by atoms with Crippen molar-refractivity contribution in [2.75, 3.05) is 51.3 Å². The lowest BCUT2D eigenvalue weighted by atomic mass is 9.66. The molecule has 1 saturated carbocycles. The predicted molar refractivity (Wildman–Crippen MR) is 155 cm³/mol. The SMILES string of the molecule is COc1cc(C)c(S(=O)(=O)NCCOc2nccc(N3CCC4(CCC(N5CCC5)CC4)CC3)n2)c(C)c1.Cl. The molecule has 1 aromatic carbocycles. The van der Waals surface area contributed by atoms with E-state index in [2.05, 4.69) is 24.5 Å². The number of halogens is 1. The summed E-state index contributed by atoms with van der Waals surface area (Å²) in [5.74, 6) is 1.52. The largest absolute Gasteiger partial charge is 0.497 e. The highest BCUT2D eigenvalue weighted by atomic mass is 35.5. The number of sulfonamides is 1. The molecule has 3 fully saturated rings. The number of hydrogen-bond acceptors (Lipinski definition) is 8. The summed E-state index contributed by atoms with van der Waals surface area (Å²) >= 11 is 0. The minimum atomic E-state index is -3.68. The molecule has 0 bridgehead atoms. The Balaban J connectivity index is 0.00000353. The lowest BCUT2D eigenvalue weighted by Gasteiger charge is -2.49. The number of likely N-dealkylation sites (tertiary alicyclic amines) is 1. The molecule has 1 aromatic heterocycles. The van der Waals surface area contributed by atoms with Gasteiger partial charge in [0.1, 0.15) is 18.2 Å². The number of benzene rings is 1. The van der Waals surface area contributed by atoms with Crippen molar-refractivity contribution >= 4 is 28.2 Å². The summed E-state index contributed by atoms with van der Waals surface area (Å²) in [7, 11) is -2.12. The molecule has 2 aromatic rings. The Morgan fingerprint density at radius 3 is 2.31 bits per heavy atom. The number of aryl methyl sites for hydroxylation is 2. The molecule has 3 heterocycles. The van der Waals surface area contributed by atoms with E-state index < -0.39 is 10.0 Å². The topological polar surface area (TPSA) is 96.9 Å². The summed E-state index contributed by atoms with van der Waals surface area (Å²) in [6.45, 7) is 8.40. The molecular formula is C28H42ClN5O4S. The molecule has 11 heteroatoms. The summed E-state index contributed by atoms with van der Waals surface area (Å²) in [6, 6.07) is 6.47. The zero-order valence-electron chi connectivity index (χ0n) is 23.3. The molecule has 2 saturated heterocycles. The number of piperidine rings is 1. The maximum Gasteiger partial charge on any atom is 0.318 e. The van der Waals surface area contributed by atoms with Crippen LogP contribution in [0, 0.1) is 19.3 Å². The molecule has 2 aliphatic heterocycles. The lowest BCUT2D eigenvalue weighted by Crippen LogP contribution is -2.49. The molecular weight excluding hydrogens is 538 g/mol. The molecule has 0 atom stereocenters. The van der Waals surface area contributed by atoms with Gasteiger partial charge in [0.15, 0.2) is 0 Å². The van der Waals surface area contributed by atoms with Gasteiger partial charge in [-0.2, -0.15) is 4.98 Å². The van der Waals surface area contributed by atoms with E-state index in [9.17, 15) is 8.42 Å². The quantitative estimate of drug-likeness (QED) is 0.443. The fourth-order valence-electron chi connectivity index (χ4n) is 6.42. The van der Waals surface area contributed by atoms with E-state index in [1.165, 1.54) is 58.0 Å². The molecule has 1 spiro atoms. The van der Waals surface area contributed by atoms with Crippen molar-refractivity contribution in [1.29, 1.82) is 0 Å². The van der Waals surface area contributed by atoms with Gasteiger partial charge in [0, 0.05) is 31.9 Å². The molecule has 216 valence electrons.